The van der Waals surface area contributed by atoms with Gasteiger partial charge in [0.15, 0.2) is 0 Å². The summed E-state index contributed by atoms with van der Waals surface area (Å²) in [5.41, 5.74) is 2.20. The Morgan fingerprint density at radius 1 is 1.19 bits per heavy atom. The molecule has 1 aromatic heterocycles. The van der Waals surface area contributed by atoms with Gasteiger partial charge in [0.25, 0.3) is 0 Å². The molecule has 0 bridgehead atoms. The normalized spacial score (nSPS) is 14.8. The quantitative estimate of drug-likeness (QED) is 0.509. The van der Waals surface area contributed by atoms with Crippen LogP contribution >= 0.6 is 0 Å². The summed E-state index contributed by atoms with van der Waals surface area (Å²) >= 11 is 0. The minimum Gasteiger partial charge on any atom is -0.352 e. The summed E-state index contributed by atoms with van der Waals surface area (Å²) < 4.78 is 0. The number of piperidine rings is 1. The number of likely N-dealkylation sites (tertiary alicyclic amines) is 1. The van der Waals surface area contributed by atoms with Crippen molar-refractivity contribution in [2.75, 3.05) is 31.1 Å². The molecule has 1 fully saturated rings. The van der Waals surface area contributed by atoms with E-state index >= 15 is 0 Å². The third kappa shape index (κ3) is 7.14. The molecule has 0 aliphatic carbocycles. The number of aromatic nitrogens is 2. The van der Waals surface area contributed by atoms with Gasteiger partial charge < -0.3 is 4.90 Å². The number of rotatable bonds is 6. The molecule has 7 heteroatoms. The second-order valence-corrected chi connectivity index (χ2v) is 9.38. The number of nitriles is 1. The summed E-state index contributed by atoms with van der Waals surface area (Å²) in [6, 6.07) is 12.1. The van der Waals surface area contributed by atoms with Gasteiger partial charge in [-0.1, -0.05) is 49.9 Å². The zero-order chi connectivity index (χ0) is 23.0. The van der Waals surface area contributed by atoms with E-state index in [4.69, 9.17) is 5.26 Å². The van der Waals surface area contributed by atoms with E-state index in [2.05, 4.69) is 69.7 Å². The van der Waals surface area contributed by atoms with Crippen LogP contribution in [0.15, 0.2) is 41.7 Å². The highest BCUT2D eigenvalue weighted by Gasteiger charge is 2.19. The monoisotopic (exact) mass is 430 g/mol. The maximum atomic E-state index is 10.6. The van der Waals surface area contributed by atoms with Crippen molar-refractivity contribution in [3.63, 3.8) is 0 Å². The van der Waals surface area contributed by atoms with E-state index in [1.54, 1.807) is 6.20 Å². The summed E-state index contributed by atoms with van der Waals surface area (Å²) in [5.74, 6) is 7.41. The summed E-state index contributed by atoms with van der Waals surface area (Å²) in [6.07, 6.45) is 3.29. The number of hydrogen-bond donors (Lipinski definition) is 0. The second kappa shape index (κ2) is 10.8. The van der Waals surface area contributed by atoms with Gasteiger partial charge in [0, 0.05) is 37.9 Å². The molecule has 0 spiro atoms. The van der Waals surface area contributed by atoms with Crippen molar-refractivity contribution in [3.05, 3.63) is 58.4 Å². The highest BCUT2D eigenvalue weighted by molar-refractivity contribution is 5.42. The lowest BCUT2D eigenvalue weighted by Gasteiger charge is -2.31. The van der Waals surface area contributed by atoms with Crippen LogP contribution in [0.25, 0.3) is 0 Å². The zero-order valence-electron chi connectivity index (χ0n) is 19.1. The van der Waals surface area contributed by atoms with Crippen molar-refractivity contribution < 1.29 is 0 Å². The molecule has 1 aliphatic heterocycles. The van der Waals surface area contributed by atoms with Gasteiger partial charge >= 0.3 is 0 Å². The third-order valence-corrected chi connectivity index (χ3v) is 5.30. The predicted molar refractivity (Wildman–Crippen MR) is 126 cm³/mol. The number of hydrogen-bond acceptors (Lipinski definition) is 7. The maximum Gasteiger partial charge on any atom is 0.234 e. The molecular formula is C25H30N6O. The molecule has 2 heterocycles. The van der Waals surface area contributed by atoms with Gasteiger partial charge in [-0.15, -0.1) is 0 Å². The molecule has 2 aromatic rings. The SMILES string of the molecule is CC(C)(C)CN(Cc1ccc(C#CCN2CCC(N=O)CC2)cc1)c1ccnc(C#N)n1. The Balaban J connectivity index is 1.63. The minimum atomic E-state index is -0.0292. The van der Waals surface area contributed by atoms with Gasteiger partial charge in [0.05, 0.1) is 12.6 Å². The van der Waals surface area contributed by atoms with E-state index in [0.717, 1.165) is 49.4 Å². The first kappa shape index (κ1) is 23.4. The van der Waals surface area contributed by atoms with E-state index in [-0.39, 0.29) is 17.3 Å². The van der Waals surface area contributed by atoms with Crippen LogP contribution in [0, 0.1) is 33.5 Å². The highest BCUT2D eigenvalue weighted by Crippen LogP contribution is 2.22. The Morgan fingerprint density at radius 2 is 1.91 bits per heavy atom. The molecule has 3 rings (SSSR count). The summed E-state index contributed by atoms with van der Waals surface area (Å²) in [5, 5.41) is 12.3. The van der Waals surface area contributed by atoms with Crippen molar-refractivity contribution in [1.29, 1.82) is 5.26 Å². The molecule has 1 aromatic carbocycles. The van der Waals surface area contributed by atoms with E-state index in [9.17, 15) is 4.91 Å². The van der Waals surface area contributed by atoms with E-state index < -0.39 is 0 Å². The fourth-order valence-corrected chi connectivity index (χ4v) is 3.72. The Hall–Kier alpha value is -3.29. The smallest absolute Gasteiger partial charge is 0.234 e. The van der Waals surface area contributed by atoms with Gasteiger partial charge in [-0.05, 0) is 42.0 Å². The van der Waals surface area contributed by atoms with Crippen molar-refractivity contribution in [1.82, 2.24) is 14.9 Å². The van der Waals surface area contributed by atoms with Crippen molar-refractivity contribution >= 4 is 5.82 Å². The van der Waals surface area contributed by atoms with Gasteiger partial charge in [-0.3, -0.25) is 4.90 Å². The molecule has 1 aliphatic rings. The van der Waals surface area contributed by atoms with Crippen LogP contribution in [0.5, 0.6) is 0 Å². The van der Waals surface area contributed by atoms with Gasteiger partial charge in [0.1, 0.15) is 11.9 Å². The zero-order valence-corrected chi connectivity index (χ0v) is 19.1. The van der Waals surface area contributed by atoms with Crippen LogP contribution in [0.4, 0.5) is 5.82 Å². The molecule has 0 unspecified atom stereocenters. The van der Waals surface area contributed by atoms with E-state index in [0.29, 0.717) is 13.1 Å². The maximum absolute atomic E-state index is 10.6. The third-order valence-electron chi connectivity index (χ3n) is 5.30. The molecule has 1 saturated heterocycles. The molecule has 0 N–H and O–H groups in total. The first-order chi connectivity index (χ1) is 15.4. The van der Waals surface area contributed by atoms with Crippen LogP contribution in [0.1, 0.15) is 50.6 Å². The average Bonchev–Trinajstić information content (AvgIpc) is 2.79. The molecule has 7 nitrogen and oxygen atoms in total. The average molecular weight is 431 g/mol. The Labute approximate surface area is 190 Å². The number of nitrogens with zero attached hydrogens (tertiary/aromatic N) is 6. The van der Waals surface area contributed by atoms with Crippen molar-refractivity contribution in [2.45, 2.75) is 46.2 Å². The molecule has 0 saturated carbocycles. The fraction of sp³-hybridized carbons (Fsp3) is 0.480. The lowest BCUT2D eigenvalue weighted by molar-refractivity contribution is 0.237. The van der Waals surface area contributed by atoms with E-state index in [1.165, 1.54) is 0 Å². The molecule has 166 valence electrons. The number of anilines is 1. The van der Waals surface area contributed by atoms with Crippen LogP contribution in [-0.4, -0.2) is 47.1 Å². The lowest BCUT2D eigenvalue weighted by atomic mass is 9.95. The number of nitroso groups, excluding NO2 is 1. The molecular weight excluding hydrogens is 400 g/mol. The fourth-order valence-electron chi connectivity index (χ4n) is 3.72. The van der Waals surface area contributed by atoms with Crippen LogP contribution in [0.3, 0.4) is 0 Å². The predicted octanol–water partition coefficient (Wildman–Crippen LogP) is 3.98. The van der Waals surface area contributed by atoms with Crippen molar-refractivity contribution in [3.8, 4) is 17.9 Å². The van der Waals surface area contributed by atoms with Crippen LogP contribution < -0.4 is 4.90 Å². The largest absolute Gasteiger partial charge is 0.352 e. The summed E-state index contributed by atoms with van der Waals surface area (Å²) in [7, 11) is 0. The van der Waals surface area contributed by atoms with Gasteiger partial charge in [-0.25, -0.2) is 9.97 Å². The molecule has 0 radical (unpaired) electrons. The first-order valence-electron chi connectivity index (χ1n) is 11.0. The van der Waals surface area contributed by atoms with Gasteiger partial charge in [0.2, 0.25) is 5.82 Å². The second-order valence-electron chi connectivity index (χ2n) is 9.38. The topological polar surface area (TPSA) is 85.5 Å². The summed E-state index contributed by atoms with van der Waals surface area (Å²) in [4.78, 5) is 23.4. The molecule has 0 amide bonds. The Bertz CT molecular complexity index is 1000. The van der Waals surface area contributed by atoms with Gasteiger partial charge in [-0.2, -0.15) is 10.2 Å². The molecule has 0 atom stereocenters. The van der Waals surface area contributed by atoms with Crippen molar-refractivity contribution in [2.24, 2.45) is 10.6 Å². The first-order valence-corrected chi connectivity index (χ1v) is 11.0. The number of benzene rings is 1. The Kier molecular flexibility index (Phi) is 7.92. The minimum absolute atomic E-state index is 0.0292. The molecule has 32 heavy (non-hydrogen) atoms. The van der Waals surface area contributed by atoms with E-state index in [1.807, 2.05) is 24.3 Å². The van der Waals surface area contributed by atoms with Crippen LogP contribution in [0.2, 0.25) is 0 Å². The lowest BCUT2D eigenvalue weighted by Crippen LogP contribution is -2.35. The standard InChI is InChI=1S/C25H30N6O/c1-25(2,3)19-31(24-10-13-27-23(17-26)28-24)18-21-8-6-20(7-9-21)5-4-14-30-15-11-22(29-32)12-16-30/h6-10,13,22H,11-12,14-16,18-19H2,1-3H3. The Morgan fingerprint density at radius 3 is 2.53 bits per heavy atom. The van der Waals surface area contributed by atoms with Crippen LogP contribution in [-0.2, 0) is 6.54 Å². The highest BCUT2D eigenvalue weighted by atomic mass is 16.3. The summed E-state index contributed by atoms with van der Waals surface area (Å²) in [6.45, 7) is 10.5.